The Morgan fingerprint density at radius 1 is 1.10 bits per heavy atom. The molecule has 0 radical (unpaired) electrons. The van der Waals surface area contributed by atoms with Crippen molar-refractivity contribution in [1.29, 1.82) is 0 Å². The topological polar surface area (TPSA) is 90.7 Å². The third kappa shape index (κ3) is 3.53. The molecule has 0 spiro atoms. The molecule has 0 unspecified atom stereocenters. The van der Waals surface area contributed by atoms with E-state index < -0.39 is 0 Å². The zero-order chi connectivity index (χ0) is 19.6. The van der Waals surface area contributed by atoms with Gasteiger partial charge in [-0.2, -0.15) is 0 Å². The van der Waals surface area contributed by atoms with Crippen LogP contribution in [-0.4, -0.2) is 52.6 Å². The molecule has 3 aromatic heterocycles. The second kappa shape index (κ2) is 7.75. The molecule has 4 aromatic rings. The highest BCUT2D eigenvalue weighted by Crippen LogP contribution is 2.29. The van der Waals surface area contributed by atoms with Crippen molar-refractivity contribution in [1.82, 2.24) is 39.5 Å². The average molecular weight is 392 g/mol. The van der Waals surface area contributed by atoms with Gasteiger partial charge in [0.15, 0.2) is 5.82 Å². The average Bonchev–Trinajstić information content (AvgIpc) is 3.50. The lowest BCUT2D eigenvalue weighted by molar-refractivity contribution is 0.200. The highest BCUT2D eigenvalue weighted by atomic mass is 16.6. The first-order valence-electron chi connectivity index (χ1n) is 10.1. The highest BCUT2D eigenvalue weighted by Gasteiger charge is 2.26. The molecule has 1 fully saturated rings. The van der Waals surface area contributed by atoms with Gasteiger partial charge in [0.05, 0.1) is 12.9 Å². The second-order valence-electron chi connectivity index (χ2n) is 7.55. The van der Waals surface area contributed by atoms with Crippen molar-refractivity contribution in [3.05, 3.63) is 54.1 Å². The fraction of sp³-hybridized carbons (Fsp3) is 0.450. The van der Waals surface area contributed by atoms with E-state index in [0.717, 1.165) is 61.7 Å². The number of imidazole rings is 1. The first-order valence-corrected chi connectivity index (χ1v) is 10.1. The van der Waals surface area contributed by atoms with Crippen LogP contribution >= 0.6 is 0 Å². The van der Waals surface area contributed by atoms with E-state index in [4.69, 9.17) is 4.63 Å². The normalized spacial score (nSPS) is 16.0. The summed E-state index contributed by atoms with van der Waals surface area (Å²) >= 11 is 0. The standard InChI is InChI=1S/C20H24N8O/c1-2-28-18(13-27-11-8-21-14-27)22-23-20(28)15-6-9-26(10-7-15)12-16-4-3-5-17-19(16)25-29-24-17/h3-5,8,11,14-15H,2,6-7,9-10,12-13H2,1H3. The SMILES string of the molecule is CCn1c(Cn2ccnc2)nnc1C1CCN(Cc2cccc3nonc23)CC1. The molecule has 0 saturated carbocycles. The van der Waals surface area contributed by atoms with Gasteiger partial charge in [0.2, 0.25) is 0 Å². The van der Waals surface area contributed by atoms with Gasteiger partial charge in [-0.3, -0.25) is 4.90 Å². The van der Waals surface area contributed by atoms with Gasteiger partial charge in [-0.25, -0.2) is 9.61 Å². The zero-order valence-corrected chi connectivity index (χ0v) is 16.5. The number of fused-ring (bicyclic) bond motifs is 1. The Morgan fingerprint density at radius 3 is 2.79 bits per heavy atom. The van der Waals surface area contributed by atoms with Crippen molar-refractivity contribution in [2.45, 2.75) is 45.3 Å². The lowest BCUT2D eigenvalue weighted by atomic mass is 9.95. The van der Waals surface area contributed by atoms with Gasteiger partial charge in [-0.05, 0) is 54.8 Å². The van der Waals surface area contributed by atoms with Gasteiger partial charge < -0.3 is 9.13 Å². The summed E-state index contributed by atoms with van der Waals surface area (Å²) in [5.74, 6) is 2.55. The van der Waals surface area contributed by atoms with Crippen molar-refractivity contribution in [3.8, 4) is 0 Å². The summed E-state index contributed by atoms with van der Waals surface area (Å²) in [6, 6.07) is 6.05. The molecular weight excluding hydrogens is 368 g/mol. The Balaban J connectivity index is 1.26. The molecule has 1 aromatic carbocycles. The van der Waals surface area contributed by atoms with Crippen LogP contribution in [0.5, 0.6) is 0 Å². The van der Waals surface area contributed by atoms with Crippen LogP contribution in [0, 0.1) is 0 Å². The number of hydrogen-bond acceptors (Lipinski definition) is 7. The van der Waals surface area contributed by atoms with Gasteiger partial charge in [-0.15, -0.1) is 10.2 Å². The van der Waals surface area contributed by atoms with Crippen LogP contribution < -0.4 is 0 Å². The van der Waals surface area contributed by atoms with E-state index in [0.29, 0.717) is 12.5 Å². The highest BCUT2D eigenvalue weighted by molar-refractivity contribution is 5.76. The molecule has 9 heteroatoms. The molecule has 1 aliphatic rings. The summed E-state index contributed by atoms with van der Waals surface area (Å²) in [5, 5.41) is 17.0. The Labute approximate surface area is 168 Å². The Bertz CT molecular complexity index is 1080. The maximum absolute atomic E-state index is 4.89. The predicted octanol–water partition coefficient (Wildman–Crippen LogP) is 2.46. The third-order valence-electron chi connectivity index (χ3n) is 5.77. The number of benzene rings is 1. The molecule has 29 heavy (non-hydrogen) atoms. The first kappa shape index (κ1) is 18.0. The van der Waals surface area contributed by atoms with Crippen molar-refractivity contribution in [2.24, 2.45) is 0 Å². The van der Waals surface area contributed by atoms with Crippen molar-refractivity contribution >= 4 is 11.0 Å². The Hall–Kier alpha value is -3.07. The van der Waals surface area contributed by atoms with E-state index in [1.165, 1.54) is 5.56 Å². The van der Waals surface area contributed by atoms with Crippen LogP contribution in [0.1, 0.15) is 42.9 Å². The predicted molar refractivity (Wildman–Crippen MR) is 106 cm³/mol. The van der Waals surface area contributed by atoms with E-state index >= 15 is 0 Å². The molecule has 0 N–H and O–H groups in total. The third-order valence-corrected chi connectivity index (χ3v) is 5.77. The molecule has 0 atom stereocenters. The van der Waals surface area contributed by atoms with Crippen molar-refractivity contribution < 1.29 is 4.63 Å². The summed E-state index contributed by atoms with van der Waals surface area (Å²) < 4.78 is 9.19. The Kier molecular flexibility index (Phi) is 4.81. The monoisotopic (exact) mass is 392 g/mol. The summed E-state index contributed by atoms with van der Waals surface area (Å²) in [7, 11) is 0. The van der Waals surface area contributed by atoms with Crippen molar-refractivity contribution in [2.75, 3.05) is 13.1 Å². The lowest BCUT2D eigenvalue weighted by Gasteiger charge is -2.31. The molecule has 0 amide bonds. The van der Waals surface area contributed by atoms with Crippen LogP contribution in [0.4, 0.5) is 0 Å². The van der Waals surface area contributed by atoms with Crippen LogP contribution in [0.25, 0.3) is 11.0 Å². The molecule has 9 nitrogen and oxygen atoms in total. The van der Waals surface area contributed by atoms with E-state index in [2.05, 4.69) is 48.0 Å². The molecule has 1 aliphatic heterocycles. The van der Waals surface area contributed by atoms with E-state index in [-0.39, 0.29) is 0 Å². The number of rotatable bonds is 6. The molecule has 4 heterocycles. The fourth-order valence-electron chi connectivity index (χ4n) is 4.24. The quantitative estimate of drug-likeness (QED) is 0.498. The van der Waals surface area contributed by atoms with Crippen LogP contribution in [0.15, 0.2) is 41.5 Å². The lowest BCUT2D eigenvalue weighted by Crippen LogP contribution is -2.33. The van der Waals surface area contributed by atoms with E-state index in [9.17, 15) is 0 Å². The van der Waals surface area contributed by atoms with Crippen LogP contribution in [0.3, 0.4) is 0 Å². The summed E-state index contributed by atoms with van der Waals surface area (Å²) in [6.07, 6.45) is 7.72. The van der Waals surface area contributed by atoms with Gasteiger partial charge in [0.25, 0.3) is 0 Å². The van der Waals surface area contributed by atoms with Crippen LogP contribution in [0.2, 0.25) is 0 Å². The van der Waals surface area contributed by atoms with Gasteiger partial charge in [-0.1, -0.05) is 12.1 Å². The number of likely N-dealkylation sites (tertiary alicyclic amines) is 1. The summed E-state index contributed by atoms with van der Waals surface area (Å²) in [4.78, 5) is 6.59. The summed E-state index contributed by atoms with van der Waals surface area (Å²) in [6.45, 7) is 6.67. The summed E-state index contributed by atoms with van der Waals surface area (Å²) in [5.41, 5.74) is 2.85. The molecule has 0 bridgehead atoms. The van der Waals surface area contributed by atoms with Crippen molar-refractivity contribution in [3.63, 3.8) is 0 Å². The second-order valence-corrected chi connectivity index (χ2v) is 7.55. The maximum atomic E-state index is 4.89. The van der Waals surface area contributed by atoms with Gasteiger partial charge in [0, 0.05) is 31.4 Å². The largest absolute Gasteiger partial charge is 0.330 e. The van der Waals surface area contributed by atoms with Gasteiger partial charge in [0.1, 0.15) is 16.9 Å². The molecular formula is C20H24N8O. The van der Waals surface area contributed by atoms with Gasteiger partial charge >= 0.3 is 0 Å². The maximum Gasteiger partial charge on any atom is 0.153 e. The molecule has 150 valence electrons. The number of nitrogens with zero attached hydrogens (tertiary/aromatic N) is 8. The minimum atomic E-state index is 0.444. The minimum absolute atomic E-state index is 0.444. The number of hydrogen-bond donors (Lipinski definition) is 0. The van der Waals surface area contributed by atoms with E-state index in [1.54, 1.807) is 6.20 Å². The van der Waals surface area contributed by atoms with E-state index in [1.807, 2.05) is 29.2 Å². The number of piperidine rings is 1. The first-order chi connectivity index (χ1) is 14.3. The number of aromatic nitrogens is 7. The molecule has 1 saturated heterocycles. The smallest absolute Gasteiger partial charge is 0.153 e. The molecule has 5 rings (SSSR count). The fourth-order valence-corrected chi connectivity index (χ4v) is 4.24. The zero-order valence-electron chi connectivity index (χ0n) is 16.5. The van der Waals surface area contributed by atoms with Crippen LogP contribution in [-0.2, 0) is 19.6 Å². The minimum Gasteiger partial charge on any atom is -0.330 e. The Morgan fingerprint density at radius 2 is 2.00 bits per heavy atom. The molecule has 0 aliphatic carbocycles.